The Morgan fingerprint density at radius 3 is 2.42 bits per heavy atom. The van der Waals surface area contributed by atoms with Gasteiger partial charge in [-0.1, -0.05) is 24.3 Å². The van der Waals surface area contributed by atoms with Crippen molar-refractivity contribution in [2.75, 3.05) is 19.6 Å². The zero-order valence-electron chi connectivity index (χ0n) is 14.6. The van der Waals surface area contributed by atoms with E-state index in [1.54, 1.807) is 30.3 Å². The Kier molecular flexibility index (Phi) is 7.42. The fraction of sp³-hybridized carbons (Fsp3) is 0.263. The maximum absolute atomic E-state index is 12.9. The molecule has 0 atom stereocenters. The highest BCUT2D eigenvalue weighted by Gasteiger charge is 2.09. The lowest BCUT2D eigenvalue weighted by molar-refractivity contribution is 0.0951. The van der Waals surface area contributed by atoms with Gasteiger partial charge in [0.2, 0.25) is 0 Å². The van der Waals surface area contributed by atoms with Gasteiger partial charge < -0.3 is 21.1 Å². The van der Waals surface area contributed by atoms with E-state index in [2.05, 4.69) is 20.9 Å². The SMILES string of the molecule is CCNC(=NCc1ccc(F)cc1)NCCNC(=O)c1ccccc1O. The van der Waals surface area contributed by atoms with Gasteiger partial charge in [0, 0.05) is 19.6 Å². The molecule has 0 heterocycles. The van der Waals surface area contributed by atoms with E-state index >= 15 is 0 Å². The summed E-state index contributed by atoms with van der Waals surface area (Å²) in [6, 6.07) is 12.6. The molecule has 0 saturated heterocycles. The minimum atomic E-state index is -0.335. The summed E-state index contributed by atoms with van der Waals surface area (Å²) in [6.07, 6.45) is 0. The number of phenols is 1. The van der Waals surface area contributed by atoms with Crippen LogP contribution in [0.5, 0.6) is 5.75 Å². The molecule has 0 saturated carbocycles. The van der Waals surface area contributed by atoms with Crippen molar-refractivity contribution in [2.45, 2.75) is 13.5 Å². The van der Waals surface area contributed by atoms with Gasteiger partial charge in [0.25, 0.3) is 5.91 Å². The number of carbonyl (C=O) groups is 1. The first kappa shape index (κ1) is 19.2. The second-order valence-electron chi connectivity index (χ2n) is 5.52. The zero-order valence-corrected chi connectivity index (χ0v) is 14.6. The molecule has 0 radical (unpaired) electrons. The number of hydrogen-bond donors (Lipinski definition) is 4. The lowest BCUT2D eigenvalue weighted by Crippen LogP contribution is -2.41. The second-order valence-corrected chi connectivity index (χ2v) is 5.52. The van der Waals surface area contributed by atoms with Gasteiger partial charge in [0.15, 0.2) is 5.96 Å². The number of amides is 1. The average molecular weight is 358 g/mol. The molecule has 4 N–H and O–H groups in total. The molecule has 0 unspecified atom stereocenters. The van der Waals surface area contributed by atoms with Crippen LogP contribution in [0.25, 0.3) is 0 Å². The van der Waals surface area contributed by atoms with Gasteiger partial charge in [0.05, 0.1) is 12.1 Å². The zero-order chi connectivity index (χ0) is 18.8. The number of guanidine groups is 1. The molecule has 26 heavy (non-hydrogen) atoms. The molecule has 1 amide bonds. The second kappa shape index (κ2) is 10.0. The number of phenolic OH excluding ortho intramolecular Hbond substituents is 1. The molecule has 7 heteroatoms. The minimum Gasteiger partial charge on any atom is -0.507 e. The maximum atomic E-state index is 12.9. The Balaban J connectivity index is 1.80. The van der Waals surface area contributed by atoms with E-state index in [-0.39, 0.29) is 23.0 Å². The van der Waals surface area contributed by atoms with Crippen LogP contribution in [0, 0.1) is 5.82 Å². The van der Waals surface area contributed by atoms with Gasteiger partial charge in [-0.25, -0.2) is 9.38 Å². The number of nitrogens with one attached hydrogen (secondary N) is 3. The van der Waals surface area contributed by atoms with E-state index in [9.17, 15) is 14.3 Å². The summed E-state index contributed by atoms with van der Waals surface area (Å²) in [4.78, 5) is 16.4. The van der Waals surface area contributed by atoms with Gasteiger partial charge in [0.1, 0.15) is 11.6 Å². The van der Waals surface area contributed by atoms with Gasteiger partial charge in [-0.2, -0.15) is 0 Å². The molecule has 138 valence electrons. The van der Waals surface area contributed by atoms with Crippen LogP contribution in [-0.2, 0) is 6.54 Å². The molecule has 0 aliphatic rings. The van der Waals surface area contributed by atoms with Crippen molar-refractivity contribution in [3.8, 4) is 5.75 Å². The predicted octanol–water partition coefficient (Wildman–Crippen LogP) is 2.02. The van der Waals surface area contributed by atoms with Crippen molar-refractivity contribution in [3.63, 3.8) is 0 Å². The molecule has 0 aromatic heterocycles. The first-order chi connectivity index (χ1) is 12.6. The fourth-order valence-corrected chi connectivity index (χ4v) is 2.22. The van der Waals surface area contributed by atoms with Crippen molar-refractivity contribution in [3.05, 3.63) is 65.5 Å². The van der Waals surface area contributed by atoms with Crippen LogP contribution >= 0.6 is 0 Å². The predicted molar refractivity (Wildman–Crippen MR) is 99.7 cm³/mol. The highest BCUT2D eigenvalue weighted by Crippen LogP contribution is 2.14. The van der Waals surface area contributed by atoms with Crippen LogP contribution in [0.4, 0.5) is 4.39 Å². The normalized spacial score (nSPS) is 11.1. The summed E-state index contributed by atoms with van der Waals surface area (Å²) in [7, 11) is 0. The highest BCUT2D eigenvalue weighted by molar-refractivity contribution is 5.96. The average Bonchev–Trinajstić information content (AvgIpc) is 2.64. The number of aromatic hydroxyl groups is 1. The van der Waals surface area contributed by atoms with E-state index in [4.69, 9.17) is 0 Å². The molecule has 6 nitrogen and oxygen atoms in total. The van der Waals surface area contributed by atoms with Gasteiger partial charge >= 0.3 is 0 Å². The van der Waals surface area contributed by atoms with Crippen molar-refractivity contribution >= 4 is 11.9 Å². The van der Waals surface area contributed by atoms with Crippen molar-refractivity contribution in [1.82, 2.24) is 16.0 Å². The number of aliphatic imine (C=N–C) groups is 1. The number of halogens is 1. The minimum absolute atomic E-state index is 0.0489. The Hall–Kier alpha value is -3.09. The Labute approximate surface area is 152 Å². The molecule has 0 aliphatic carbocycles. The number of carbonyl (C=O) groups excluding carboxylic acids is 1. The quantitative estimate of drug-likeness (QED) is 0.347. The Morgan fingerprint density at radius 1 is 1.04 bits per heavy atom. The summed E-state index contributed by atoms with van der Waals surface area (Å²) in [5, 5.41) is 18.6. The molecule has 2 aromatic rings. The van der Waals surface area contributed by atoms with Crippen molar-refractivity contribution in [2.24, 2.45) is 4.99 Å². The van der Waals surface area contributed by atoms with Crippen LogP contribution in [0.3, 0.4) is 0 Å². The smallest absolute Gasteiger partial charge is 0.255 e. The number of rotatable bonds is 7. The summed E-state index contributed by atoms with van der Waals surface area (Å²) in [6.45, 7) is 3.90. The maximum Gasteiger partial charge on any atom is 0.255 e. The van der Waals surface area contributed by atoms with E-state index in [1.807, 2.05) is 6.92 Å². The van der Waals surface area contributed by atoms with Crippen molar-refractivity contribution in [1.29, 1.82) is 0 Å². The molecule has 0 spiro atoms. The molecule has 0 aliphatic heterocycles. The molecule has 0 fully saturated rings. The van der Waals surface area contributed by atoms with Crippen LogP contribution in [0.2, 0.25) is 0 Å². The highest BCUT2D eigenvalue weighted by atomic mass is 19.1. The molecule has 2 aromatic carbocycles. The largest absolute Gasteiger partial charge is 0.507 e. The van der Waals surface area contributed by atoms with Gasteiger partial charge in [-0.15, -0.1) is 0 Å². The van der Waals surface area contributed by atoms with E-state index in [0.717, 1.165) is 5.56 Å². The monoisotopic (exact) mass is 358 g/mol. The summed E-state index contributed by atoms with van der Waals surface area (Å²) < 4.78 is 12.9. The Bertz CT molecular complexity index is 747. The van der Waals surface area contributed by atoms with Gasteiger partial charge in [-0.05, 0) is 36.8 Å². The molecular weight excluding hydrogens is 335 g/mol. The lowest BCUT2D eigenvalue weighted by Gasteiger charge is -2.12. The third-order valence-corrected chi connectivity index (χ3v) is 3.53. The first-order valence-electron chi connectivity index (χ1n) is 8.43. The third-order valence-electron chi connectivity index (χ3n) is 3.53. The standard InChI is InChI=1S/C19H23FN4O2/c1-2-21-19(24-13-14-7-9-15(20)10-8-14)23-12-11-22-18(26)16-5-3-4-6-17(16)25/h3-10,25H,2,11-13H2,1H3,(H,22,26)(H2,21,23,24). The molecule has 0 bridgehead atoms. The summed E-state index contributed by atoms with van der Waals surface area (Å²) >= 11 is 0. The molecular formula is C19H23FN4O2. The van der Waals surface area contributed by atoms with Crippen LogP contribution < -0.4 is 16.0 Å². The first-order valence-corrected chi connectivity index (χ1v) is 8.43. The third kappa shape index (κ3) is 6.08. The van der Waals surface area contributed by atoms with E-state index in [1.165, 1.54) is 18.2 Å². The van der Waals surface area contributed by atoms with Crippen LogP contribution in [0.15, 0.2) is 53.5 Å². The van der Waals surface area contributed by atoms with Crippen LogP contribution in [-0.4, -0.2) is 36.6 Å². The number of nitrogens with zero attached hydrogens (tertiary/aromatic N) is 1. The summed E-state index contributed by atoms with van der Waals surface area (Å²) in [5.41, 5.74) is 1.14. The van der Waals surface area contributed by atoms with Gasteiger partial charge in [-0.3, -0.25) is 4.79 Å². The number of hydrogen-bond acceptors (Lipinski definition) is 3. The van der Waals surface area contributed by atoms with Crippen LogP contribution in [0.1, 0.15) is 22.8 Å². The number of benzene rings is 2. The van der Waals surface area contributed by atoms with Crippen molar-refractivity contribution < 1.29 is 14.3 Å². The topological polar surface area (TPSA) is 85.8 Å². The number of para-hydroxylation sites is 1. The van der Waals surface area contributed by atoms with E-state index < -0.39 is 0 Å². The molecule has 2 rings (SSSR count). The Morgan fingerprint density at radius 2 is 1.73 bits per heavy atom. The summed E-state index contributed by atoms with van der Waals surface area (Å²) in [5.74, 6) is -0.0538. The lowest BCUT2D eigenvalue weighted by atomic mass is 10.2. The van der Waals surface area contributed by atoms with E-state index in [0.29, 0.717) is 32.1 Å². The fourth-order valence-electron chi connectivity index (χ4n) is 2.22.